The summed E-state index contributed by atoms with van der Waals surface area (Å²) < 4.78 is 17.3. The minimum atomic E-state index is -1.14. The molecule has 0 aromatic rings. The second kappa shape index (κ2) is 5.37. The molecule has 0 amide bonds. The third-order valence-electron chi connectivity index (χ3n) is 0.725. The van der Waals surface area contributed by atoms with Crippen molar-refractivity contribution in [3.8, 4) is 0 Å². The quantitative estimate of drug-likeness (QED) is 0.568. The van der Waals surface area contributed by atoms with Crippen molar-refractivity contribution in [1.29, 1.82) is 0 Å². The van der Waals surface area contributed by atoms with Crippen LogP contribution in [-0.4, -0.2) is 29.6 Å². The van der Waals surface area contributed by atoms with Crippen LogP contribution in [0.4, 0.5) is 0 Å². The lowest BCUT2D eigenvalue weighted by Crippen LogP contribution is -2.25. The monoisotopic (exact) mass is 165 g/mol. The molecule has 0 bridgehead atoms. The molecular weight excluding hydrogens is 154 g/mol. The van der Waals surface area contributed by atoms with Crippen LogP contribution in [0.15, 0.2) is 0 Å². The normalized spacial score (nSPS) is 12.6. The van der Waals surface area contributed by atoms with Crippen LogP contribution in [-0.2, 0) is 20.5 Å². The molecule has 1 atom stereocenters. The van der Waals surface area contributed by atoms with E-state index < -0.39 is 11.0 Å². The number of rotatable bonds is 4. The molecule has 0 aromatic heterocycles. The molecule has 0 saturated carbocycles. The van der Waals surface area contributed by atoms with Crippen molar-refractivity contribution < 1.29 is 13.7 Å². The van der Waals surface area contributed by atoms with Gasteiger partial charge in [0.05, 0.1) is 17.6 Å². The summed E-state index contributed by atoms with van der Waals surface area (Å²) in [6.45, 7) is 2.09. The number of hydrogen-bond donors (Lipinski definition) is 1. The van der Waals surface area contributed by atoms with Gasteiger partial charge in [0.1, 0.15) is 6.54 Å². The second-order valence-electron chi connectivity index (χ2n) is 1.58. The average Bonchev–Trinajstić information content (AvgIpc) is 1.85. The highest BCUT2D eigenvalue weighted by Gasteiger charge is 1.99. The van der Waals surface area contributed by atoms with Crippen LogP contribution in [0.1, 0.15) is 6.92 Å². The fourth-order valence-electron chi connectivity index (χ4n) is 0.373. The van der Waals surface area contributed by atoms with Gasteiger partial charge in [-0.15, -0.1) is 0 Å². The molecule has 0 spiro atoms. The van der Waals surface area contributed by atoms with Crippen LogP contribution in [0.25, 0.3) is 0 Å². The standard InChI is InChI=1S/C5H11NO3S/c1-3-9-5(7)4-6-10(2)8/h6H,3-4H2,1-2H3. The third kappa shape index (κ3) is 5.71. The Labute approximate surface area is 62.5 Å². The molecule has 60 valence electrons. The van der Waals surface area contributed by atoms with Crippen LogP contribution in [0.3, 0.4) is 0 Å². The molecule has 0 aliphatic rings. The molecule has 0 saturated heterocycles. The van der Waals surface area contributed by atoms with Crippen molar-refractivity contribution in [2.24, 2.45) is 0 Å². The van der Waals surface area contributed by atoms with Crippen LogP contribution in [0, 0.1) is 0 Å². The summed E-state index contributed by atoms with van der Waals surface area (Å²) in [5.74, 6) is -0.377. The highest BCUT2D eigenvalue weighted by Crippen LogP contribution is 1.75. The van der Waals surface area contributed by atoms with Gasteiger partial charge in [-0.25, -0.2) is 8.93 Å². The lowest BCUT2D eigenvalue weighted by molar-refractivity contribution is -0.141. The predicted octanol–water partition coefficient (Wildman–Crippen LogP) is -0.567. The van der Waals surface area contributed by atoms with Gasteiger partial charge in [0.15, 0.2) is 0 Å². The van der Waals surface area contributed by atoms with Gasteiger partial charge >= 0.3 is 5.97 Å². The maximum absolute atomic E-state index is 10.5. The molecule has 0 rings (SSSR count). The molecule has 10 heavy (non-hydrogen) atoms. The summed E-state index contributed by atoms with van der Waals surface area (Å²) in [6.07, 6.45) is 1.46. The van der Waals surface area contributed by atoms with Gasteiger partial charge in [0, 0.05) is 6.26 Å². The van der Waals surface area contributed by atoms with Gasteiger partial charge in [-0.2, -0.15) is 0 Å². The first kappa shape index (κ1) is 9.58. The zero-order valence-corrected chi connectivity index (χ0v) is 6.86. The van der Waals surface area contributed by atoms with E-state index in [9.17, 15) is 9.00 Å². The molecule has 0 aliphatic carbocycles. The largest absolute Gasteiger partial charge is 0.465 e. The summed E-state index contributed by atoms with van der Waals surface area (Å²) in [6, 6.07) is 0. The highest BCUT2D eigenvalue weighted by atomic mass is 32.2. The average molecular weight is 165 g/mol. The van der Waals surface area contributed by atoms with E-state index in [4.69, 9.17) is 0 Å². The zero-order valence-electron chi connectivity index (χ0n) is 6.05. The van der Waals surface area contributed by atoms with Crippen molar-refractivity contribution in [1.82, 2.24) is 4.72 Å². The van der Waals surface area contributed by atoms with Crippen molar-refractivity contribution >= 4 is 17.0 Å². The zero-order chi connectivity index (χ0) is 7.98. The number of nitrogens with one attached hydrogen (secondary N) is 1. The molecule has 1 N–H and O–H groups in total. The summed E-state index contributed by atoms with van der Waals surface area (Å²) >= 11 is 0. The SMILES string of the molecule is CCOC(=O)CNS(C)=O. The van der Waals surface area contributed by atoms with Crippen molar-refractivity contribution in [2.45, 2.75) is 6.92 Å². The van der Waals surface area contributed by atoms with Gasteiger partial charge in [-0.05, 0) is 6.92 Å². The number of ether oxygens (including phenoxy) is 1. The molecule has 4 nitrogen and oxygen atoms in total. The summed E-state index contributed by atoms with van der Waals surface area (Å²) in [5.41, 5.74) is 0. The van der Waals surface area contributed by atoms with Crippen molar-refractivity contribution in [3.63, 3.8) is 0 Å². The van der Waals surface area contributed by atoms with Crippen LogP contribution in [0.5, 0.6) is 0 Å². The molecule has 5 heteroatoms. The van der Waals surface area contributed by atoms with E-state index in [-0.39, 0.29) is 12.5 Å². The Balaban J connectivity index is 3.30. The van der Waals surface area contributed by atoms with Crippen molar-refractivity contribution in [2.75, 3.05) is 19.4 Å². The first-order chi connectivity index (χ1) is 4.66. The summed E-state index contributed by atoms with van der Waals surface area (Å²) in [5, 5.41) is 0. The van der Waals surface area contributed by atoms with E-state index in [1.54, 1.807) is 6.92 Å². The molecule has 0 radical (unpaired) electrons. The van der Waals surface area contributed by atoms with Crippen LogP contribution >= 0.6 is 0 Å². The number of hydrogen-bond acceptors (Lipinski definition) is 3. The fraction of sp³-hybridized carbons (Fsp3) is 0.800. The van der Waals surface area contributed by atoms with Gasteiger partial charge < -0.3 is 4.74 Å². The number of carbonyl (C=O) groups is 1. The molecule has 0 aliphatic heterocycles. The Morgan fingerprint density at radius 1 is 1.70 bits per heavy atom. The minimum Gasteiger partial charge on any atom is -0.465 e. The summed E-state index contributed by atoms with van der Waals surface area (Å²) in [7, 11) is -1.14. The van der Waals surface area contributed by atoms with E-state index in [1.807, 2.05) is 0 Å². The Kier molecular flexibility index (Phi) is 5.15. The Morgan fingerprint density at radius 3 is 2.70 bits per heavy atom. The first-order valence-electron chi connectivity index (χ1n) is 2.89. The van der Waals surface area contributed by atoms with Crippen LogP contribution in [0.2, 0.25) is 0 Å². The Morgan fingerprint density at radius 2 is 2.30 bits per heavy atom. The number of carbonyl (C=O) groups excluding carboxylic acids is 1. The Bertz CT molecular complexity index is 137. The van der Waals surface area contributed by atoms with E-state index in [1.165, 1.54) is 6.26 Å². The van der Waals surface area contributed by atoms with Crippen molar-refractivity contribution in [3.05, 3.63) is 0 Å². The number of esters is 1. The molecular formula is C5H11NO3S. The molecule has 1 unspecified atom stereocenters. The van der Waals surface area contributed by atoms with Crippen LogP contribution < -0.4 is 4.72 Å². The van der Waals surface area contributed by atoms with E-state index in [2.05, 4.69) is 9.46 Å². The topological polar surface area (TPSA) is 55.4 Å². The first-order valence-corrected chi connectivity index (χ1v) is 4.45. The van der Waals surface area contributed by atoms with E-state index >= 15 is 0 Å². The minimum absolute atomic E-state index is 0.0109. The second-order valence-corrected chi connectivity index (χ2v) is 2.78. The van der Waals surface area contributed by atoms with E-state index in [0.29, 0.717) is 6.61 Å². The molecule has 0 fully saturated rings. The maximum Gasteiger partial charge on any atom is 0.320 e. The smallest absolute Gasteiger partial charge is 0.320 e. The van der Waals surface area contributed by atoms with E-state index in [0.717, 1.165) is 0 Å². The maximum atomic E-state index is 10.5. The molecule has 0 heterocycles. The Hall–Kier alpha value is -0.420. The van der Waals surface area contributed by atoms with Gasteiger partial charge in [-0.3, -0.25) is 4.79 Å². The summed E-state index contributed by atoms with van der Waals surface area (Å²) in [4.78, 5) is 10.5. The third-order valence-corrected chi connectivity index (χ3v) is 1.28. The van der Waals surface area contributed by atoms with Gasteiger partial charge in [-0.1, -0.05) is 0 Å². The molecule has 0 aromatic carbocycles. The predicted molar refractivity (Wildman–Crippen MR) is 38.7 cm³/mol. The highest BCUT2D eigenvalue weighted by molar-refractivity contribution is 7.82. The van der Waals surface area contributed by atoms with Gasteiger partial charge in [0.2, 0.25) is 0 Å². The lowest BCUT2D eigenvalue weighted by atomic mass is 10.7. The lowest BCUT2D eigenvalue weighted by Gasteiger charge is -1.99. The fourth-order valence-corrected chi connectivity index (χ4v) is 0.694. The van der Waals surface area contributed by atoms with Gasteiger partial charge in [0.25, 0.3) is 0 Å².